The molecule has 0 saturated carbocycles. The fourth-order valence-electron chi connectivity index (χ4n) is 1.79. The number of nitrogens with two attached hydrogens (primary N) is 1. The first-order chi connectivity index (χ1) is 9.69. The maximum atomic E-state index is 12.1. The van der Waals surface area contributed by atoms with E-state index < -0.39 is 0 Å². The number of hydrogen-bond donors (Lipinski definition) is 2. The minimum Gasteiger partial charge on any atom is -0.322 e. The molecule has 3 N–H and O–H groups in total. The highest BCUT2D eigenvalue weighted by Crippen LogP contribution is 2.15. The van der Waals surface area contributed by atoms with E-state index in [0.717, 1.165) is 11.1 Å². The minimum absolute atomic E-state index is 0.171. The van der Waals surface area contributed by atoms with Crippen LogP contribution >= 0.6 is 0 Å². The Balaban J connectivity index is 2.21. The van der Waals surface area contributed by atoms with Crippen molar-refractivity contribution in [2.45, 2.75) is 6.92 Å². The molecule has 0 aliphatic carbocycles. The first-order valence-corrected chi connectivity index (χ1v) is 6.21. The fourth-order valence-corrected chi connectivity index (χ4v) is 1.79. The van der Waals surface area contributed by atoms with Crippen molar-refractivity contribution in [2.75, 3.05) is 11.9 Å². The van der Waals surface area contributed by atoms with Crippen LogP contribution in [0.25, 0.3) is 0 Å². The minimum atomic E-state index is -0.171. The number of rotatable bonds is 2. The summed E-state index contributed by atoms with van der Waals surface area (Å²) in [6, 6.07) is 9.01. The van der Waals surface area contributed by atoms with Crippen LogP contribution in [0.3, 0.4) is 0 Å². The van der Waals surface area contributed by atoms with Crippen LogP contribution in [0.15, 0.2) is 42.7 Å². The second-order valence-electron chi connectivity index (χ2n) is 4.28. The lowest BCUT2D eigenvalue weighted by Gasteiger charge is -2.07. The third-order valence-electron chi connectivity index (χ3n) is 2.61. The lowest BCUT2D eigenvalue weighted by atomic mass is 10.1. The molecule has 0 atom stereocenters. The average Bonchev–Trinajstić information content (AvgIpc) is 2.45. The molecule has 0 aliphatic heterocycles. The van der Waals surface area contributed by atoms with Gasteiger partial charge in [-0.25, -0.2) is 0 Å². The lowest BCUT2D eigenvalue weighted by Crippen LogP contribution is -2.12. The van der Waals surface area contributed by atoms with Crippen molar-refractivity contribution >= 4 is 11.6 Å². The van der Waals surface area contributed by atoms with Crippen LogP contribution in [0, 0.1) is 18.8 Å². The quantitative estimate of drug-likeness (QED) is 0.815. The summed E-state index contributed by atoms with van der Waals surface area (Å²) in [4.78, 5) is 15.9. The predicted molar refractivity (Wildman–Crippen MR) is 79.3 cm³/mol. The van der Waals surface area contributed by atoms with Gasteiger partial charge in [-0.3, -0.25) is 9.78 Å². The van der Waals surface area contributed by atoms with Gasteiger partial charge in [0, 0.05) is 29.2 Å². The molecular formula is C16H15N3O. The Kier molecular flexibility index (Phi) is 4.48. The van der Waals surface area contributed by atoms with Crippen molar-refractivity contribution in [3.05, 3.63) is 59.4 Å². The van der Waals surface area contributed by atoms with Crippen molar-refractivity contribution < 1.29 is 4.79 Å². The molecule has 2 aromatic rings. The summed E-state index contributed by atoms with van der Waals surface area (Å²) in [5.74, 6) is 5.59. The van der Waals surface area contributed by atoms with Crippen molar-refractivity contribution in [2.24, 2.45) is 5.73 Å². The van der Waals surface area contributed by atoms with Crippen LogP contribution in [0.5, 0.6) is 0 Å². The highest BCUT2D eigenvalue weighted by Gasteiger charge is 2.06. The molecule has 0 aliphatic rings. The van der Waals surface area contributed by atoms with Crippen LogP contribution in [0.1, 0.15) is 21.5 Å². The number of carbonyl (C=O) groups excluding carboxylic acids is 1. The molecule has 4 nitrogen and oxygen atoms in total. The van der Waals surface area contributed by atoms with Crippen molar-refractivity contribution in [3.8, 4) is 11.8 Å². The van der Waals surface area contributed by atoms with E-state index in [2.05, 4.69) is 22.1 Å². The summed E-state index contributed by atoms with van der Waals surface area (Å²) in [5, 5.41) is 2.85. The summed E-state index contributed by atoms with van der Waals surface area (Å²) in [7, 11) is 0. The molecule has 4 heteroatoms. The molecule has 1 aromatic carbocycles. The van der Waals surface area contributed by atoms with Crippen LogP contribution in [-0.2, 0) is 0 Å². The highest BCUT2D eigenvalue weighted by molar-refractivity contribution is 6.04. The molecule has 0 spiro atoms. The van der Waals surface area contributed by atoms with Gasteiger partial charge in [0.1, 0.15) is 0 Å². The number of pyridine rings is 1. The van der Waals surface area contributed by atoms with Crippen molar-refractivity contribution in [3.63, 3.8) is 0 Å². The molecular weight excluding hydrogens is 250 g/mol. The molecule has 0 unspecified atom stereocenters. The topological polar surface area (TPSA) is 68.0 Å². The van der Waals surface area contributed by atoms with Crippen molar-refractivity contribution in [1.82, 2.24) is 4.98 Å². The Morgan fingerprint density at radius 2 is 2.05 bits per heavy atom. The zero-order valence-corrected chi connectivity index (χ0v) is 11.2. The van der Waals surface area contributed by atoms with E-state index in [9.17, 15) is 4.79 Å². The van der Waals surface area contributed by atoms with Crippen LogP contribution in [-0.4, -0.2) is 17.4 Å². The van der Waals surface area contributed by atoms with Crippen LogP contribution < -0.4 is 11.1 Å². The molecule has 0 bridgehead atoms. The first kappa shape index (κ1) is 13.8. The second kappa shape index (κ2) is 6.50. The summed E-state index contributed by atoms with van der Waals surface area (Å²) < 4.78 is 0. The third kappa shape index (κ3) is 3.67. The fraction of sp³-hybridized carbons (Fsp3) is 0.125. The van der Waals surface area contributed by atoms with E-state index in [1.54, 1.807) is 24.5 Å². The maximum Gasteiger partial charge on any atom is 0.255 e. The van der Waals surface area contributed by atoms with E-state index in [1.807, 2.05) is 25.1 Å². The third-order valence-corrected chi connectivity index (χ3v) is 2.61. The van der Waals surface area contributed by atoms with Gasteiger partial charge in [0.05, 0.1) is 6.54 Å². The summed E-state index contributed by atoms with van der Waals surface area (Å²) in [6.45, 7) is 2.27. The number of nitrogens with one attached hydrogen (secondary N) is 1. The Hall–Kier alpha value is -2.64. The normalized spacial score (nSPS) is 9.50. The van der Waals surface area contributed by atoms with Gasteiger partial charge in [0.25, 0.3) is 5.91 Å². The molecule has 1 heterocycles. The van der Waals surface area contributed by atoms with Gasteiger partial charge >= 0.3 is 0 Å². The SMILES string of the molecule is Cc1cc(C#CCN)cc(NC(=O)c2ccncc2)c1. The van der Waals surface area contributed by atoms with Crippen molar-refractivity contribution in [1.29, 1.82) is 0 Å². The molecule has 0 fully saturated rings. The maximum absolute atomic E-state index is 12.1. The Morgan fingerprint density at radius 3 is 2.75 bits per heavy atom. The van der Waals surface area contributed by atoms with E-state index >= 15 is 0 Å². The van der Waals surface area contributed by atoms with Gasteiger partial charge in [-0.05, 0) is 42.8 Å². The summed E-state index contributed by atoms with van der Waals surface area (Å²) >= 11 is 0. The molecule has 100 valence electrons. The molecule has 1 amide bonds. The van der Waals surface area contributed by atoms with Gasteiger partial charge in [-0.1, -0.05) is 11.8 Å². The number of aryl methyl sites for hydroxylation is 1. The van der Waals surface area contributed by atoms with Gasteiger partial charge < -0.3 is 11.1 Å². The monoisotopic (exact) mass is 265 g/mol. The largest absolute Gasteiger partial charge is 0.322 e. The van der Waals surface area contributed by atoms with Gasteiger partial charge in [-0.15, -0.1) is 0 Å². The summed E-state index contributed by atoms with van der Waals surface area (Å²) in [5.41, 5.74) is 8.50. The Labute approximate surface area is 118 Å². The number of benzene rings is 1. The van der Waals surface area contributed by atoms with E-state index in [1.165, 1.54) is 0 Å². The molecule has 1 aromatic heterocycles. The Bertz CT molecular complexity index is 669. The number of aromatic nitrogens is 1. The van der Waals surface area contributed by atoms with Crippen LogP contribution in [0.4, 0.5) is 5.69 Å². The predicted octanol–water partition coefficient (Wildman–Crippen LogP) is 1.95. The number of amides is 1. The van der Waals surface area contributed by atoms with Gasteiger partial charge in [-0.2, -0.15) is 0 Å². The smallest absolute Gasteiger partial charge is 0.255 e. The molecule has 0 radical (unpaired) electrons. The van der Waals surface area contributed by atoms with E-state index in [0.29, 0.717) is 17.8 Å². The first-order valence-electron chi connectivity index (χ1n) is 6.21. The molecule has 2 rings (SSSR count). The second-order valence-corrected chi connectivity index (χ2v) is 4.28. The van der Waals surface area contributed by atoms with E-state index in [-0.39, 0.29) is 5.91 Å². The average molecular weight is 265 g/mol. The Morgan fingerprint density at radius 1 is 1.30 bits per heavy atom. The van der Waals surface area contributed by atoms with Crippen LogP contribution in [0.2, 0.25) is 0 Å². The zero-order valence-electron chi connectivity index (χ0n) is 11.2. The lowest BCUT2D eigenvalue weighted by molar-refractivity contribution is 0.102. The van der Waals surface area contributed by atoms with Gasteiger partial charge in [0.2, 0.25) is 0 Å². The summed E-state index contributed by atoms with van der Waals surface area (Å²) in [6.07, 6.45) is 3.17. The number of anilines is 1. The molecule has 0 saturated heterocycles. The number of nitrogens with zero attached hydrogens (tertiary/aromatic N) is 1. The molecule has 20 heavy (non-hydrogen) atoms. The highest BCUT2D eigenvalue weighted by atomic mass is 16.1. The number of hydrogen-bond acceptors (Lipinski definition) is 3. The van der Waals surface area contributed by atoms with Gasteiger partial charge in [0.15, 0.2) is 0 Å². The van der Waals surface area contributed by atoms with E-state index in [4.69, 9.17) is 5.73 Å². The number of carbonyl (C=O) groups is 1. The standard InChI is InChI=1S/C16H15N3O/c1-12-9-13(3-2-6-17)11-15(10-12)19-16(20)14-4-7-18-8-5-14/h4-5,7-11H,6,17H2,1H3,(H,19,20). The zero-order chi connectivity index (χ0) is 14.4.